The molecular formula is C13H18F3N3. The number of fused-ring (bicyclic) bond motifs is 1. The van der Waals surface area contributed by atoms with E-state index in [-0.39, 0.29) is 16.7 Å². The summed E-state index contributed by atoms with van der Waals surface area (Å²) in [6.07, 6.45) is -2.85. The van der Waals surface area contributed by atoms with Crippen LogP contribution in [0.1, 0.15) is 38.3 Å². The molecule has 0 radical (unpaired) electrons. The molecular weight excluding hydrogens is 255 g/mol. The van der Waals surface area contributed by atoms with Gasteiger partial charge in [-0.15, -0.1) is 5.53 Å². The minimum atomic E-state index is -2.85. The van der Waals surface area contributed by atoms with Crippen molar-refractivity contribution in [3.8, 4) is 0 Å². The third kappa shape index (κ3) is 2.63. The molecule has 3 nitrogen and oxygen atoms in total. The number of hydrogen-bond acceptors (Lipinski definition) is 3. The predicted octanol–water partition coefficient (Wildman–Crippen LogP) is 3.77. The van der Waals surface area contributed by atoms with Crippen LogP contribution in [0.4, 0.5) is 24.5 Å². The molecule has 1 aliphatic rings. The second kappa shape index (κ2) is 4.59. The first-order valence-electron chi connectivity index (χ1n) is 6.11. The number of alkyl halides is 2. The highest BCUT2D eigenvalue weighted by Crippen LogP contribution is 2.42. The highest BCUT2D eigenvalue weighted by molar-refractivity contribution is 5.78. The summed E-state index contributed by atoms with van der Waals surface area (Å²) in [4.78, 5) is 0. The molecule has 0 amide bonds. The van der Waals surface area contributed by atoms with Gasteiger partial charge in [0.2, 0.25) is 0 Å². The van der Waals surface area contributed by atoms with E-state index in [2.05, 4.69) is 11.0 Å². The number of aryl methyl sites for hydroxylation is 1. The zero-order valence-corrected chi connectivity index (χ0v) is 11.4. The van der Waals surface area contributed by atoms with E-state index in [0.29, 0.717) is 12.2 Å². The molecule has 1 aromatic rings. The topological polar surface area (TPSA) is 27.3 Å². The summed E-state index contributed by atoms with van der Waals surface area (Å²) in [5.41, 5.74) is 5.86. The average Bonchev–Trinajstić information content (AvgIpc) is 2.60. The Morgan fingerprint density at radius 2 is 1.95 bits per heavy atom. The van der Waals surface area contributed by atoms with E-state index in [1.165, 1.54) is 13.0 Å². The van der Waals surface area contributed by atoms with Gasteiger partial charge in [-0.25, -0.2) is 13.2 Å². The van der Waals surface area contributed by atoms with Crippen LogP contribution in [0.2, 0.25) is 0 Å². The van der Waals surface area contributed by atoms with Crippen LogP contribution in [-0.4, -0.2) is 6.54 Å². The summed E-state index contributed by atoms with van der Waals surface area (Å²) in [5, 5.41) is 1.54. The number of nitrogens with zero attached hydrogens (tertiary/aromatic N) is 1. The number of halogens is 3. The van der Waals surface area contributed by atoms with Crippen molar-refractivity contribution in [2.24, 2.45) is 5.41 Å². The normalized spacial score (nSPS) is 14.8. The molecule has 0 bridgehead atoms. The summed E-state index contributed by atoms with van der Waals surface area (Å²) in [5.74, 6) is -0.835. The maximum absolute atomic E-state index is 14.0. The van der Waals surface area contributed by atoms with E-state index in [1.807, 2.05) is 20.8 Å². The van der Waals surface area contributed by atoms with Crippen LogP contribution < -0.4 is 16.0 Å². The largest absolute Gasteiger partial charge is 0.302 e. The molecule has 2 N–H and O–H groups in total. The van der Waals surface area contributed by atoms with Crippen LogP contribution in [0.3, 0.4) is 0 Å². The van der Waals surface area contributed by atoms with Crippen LogP contribution in [0.15, 0.2) is 6.07 Å². The molecule has 0 atom stereocenters. The maximum Gasteiger partial charge on any atom is 0.268 e. The molecule has 0 saturated heterocycles. The van der Waals surface area contributed by atoms with Crippen molar-refractivity contribution in [3.63, 3.8) is 0 Å². The quantitative estimate of drug-likeness (QED) is 0.859. The van der Waals surface area contributed by atoms with Crippen molar-refractivity contribution in [1.82, 2.24) is 5.53 Å². The highest BCUT2D eigenvalue weighted by atomic mass is 19.3. The maximum atomic E-state index is 14.0. The zero-order valence-electron chi connectivity index (χ0n) is 11.4. The van der Waals surface area contributed by atoms with Crippen LogP contribution in [0, 0.1) is 18.2 Å². The molecule has 2 rings (SSSR count). The molecule has 6 heteroatoms. The van der Waals surface area contributed by atoms with E-state index in [1.54, 1.807) is 5.01 Å². The number of rotatable bonds is 2. The van der Waals surface area contributed by atoms with Gasteiger partial charge < -0.3 is 5.43 Å². The van der Waals surface area contributed by atoms with Crippen molar-refractivity contribution in [1.29, 1.82) is 0 Å². The first-order valence-corrected chi connectivity index (χ1v) is 6.11. The monoisotopic (exact) mass is 273 g/mol. The van der Waals surface area contributed by atoms with Crippen molar-refractivity contribution in [2.45, 2.75) is 34.1 Å². The Bertz CT molecular complexity index is 495. The summed E-state index contributed by atoms with van der Waals surface area (Å²) in [6.45, 7) is 7.92. The molecule has 0 spiro atoms. The van der Waals surface area contributed by atoms with Crippen LogP contribution >= 0.6 is 0 Å². The van der Waals surface area contributed by atoms with Crippen molar-refractivity contribution in [2.75, 3.05) is 17.0 Å². The van der Waals surface area contributed by atoms with Gasteiger partial charge in [0.25, 0.3) is 6.43 Å². The molecule has 1 aliphatic heterocycles. The van der Waals surface area contributed by atoms with E-state index < -0.39 is 17.8 Å². The third-order valence-corrected chi connectivity index (χ3v) is 2.90. The van der Waals surface area contributed by atoms with Gasteiger partial charge in [-0.05, 0) is 24.0 Å². The van der Waals surface area contributed by atoms with E-state index >= 15 is 0 Å². The fourth-order valence-electron chi connectivity index (χ4n) is 2.17. The second-order valence-electron chi connectivity index (χ2n) is 6.00. The SMILES string of the molecule is Cc1cc2c(c(C(F)F)c1F)N(CC(C)(C)C)NN2. The molecule has 0 unspecified atom stereocenters. The number of anilines is 2. The van der Waals surface area contributed by atoms with Crippen LogP contribution in [-0.2, 0) is 0 Å². The molecule has 106 valence electrons. The first-order chi connectivity index (χ1) is 8.70. The molecule has 0 saturated carbocycles. The summed E-state index contributed by atoms with van der Waals surface area (Å²) in [6, 6.07) is 1.53. The van der Waals surface area contributed by atoms with Crippen molar-refractivity contribution < 1.29 is 13.2 Å². The molecule has 19 heavy (non-hydrogen) atoms. The Balaban J connectivity index is 2.51. The minimum absolute atomic E-state index is 0.114. The van der Waals surface area contributed by atoms with Gasteiger partial charge in [0.05, 0.1) is 16.9 Å². The Hall–Kier alpha value is -1.43. The fraction of sp³-hybridized carbons (Fsp3) is 0.538. The van der Waals surface area contributed by atoms with E-state index in [4.69, 9.17) is 0 Å². The highest BCUT2D eigenvalue weighted by Gasteiger charge is 2.32. The lowest BCUT2D eigenvalue weighted by Crippen LogP contribution is -2.41. The van der Waals surface area contributed by atoms with Gasteiger partial charge in [-0.3, -0.25) is 5.01 Å². The number of benzene rings is 1. The molecule has 0 fully saturated rings. The van der Waals surface area contributed by atoms with E-state index in [0.717, 1.165) is 0 Å². The Morgan fingerprint density at radius 1 is 1.32 bits per heavy atom. The average molecular weight is 273 g/mol. The molecule has 0 aliphatic carbocycles. The second-order valence-corrected chi connectivity index (χ2v) is 6.00. The minimum Gasteiger partial charge on any atom is -0.302 e. The number of hydrogen-bond donors (Lipinski definition) is 2. The van der Waals surface area contributed by atoms with Gasteiger partial charge in [-0.1, -0.05) is 20.8 Å². The smallest absolute Gasteiger partial charge is 0.268 e. The van der Waals surface area contributed by atoms with E-state index in [9.17, 15) is 13.2 Å². The van der Waals surface area contributed by atoms with Crippen LogP contribution in [0.25, 0.3) is 0 Å². The fourth-order valence-corrected chi connectivity index (χ4v) is 2.17. The standard InChI is InChI=1S/C13H18F3N3/c1-7-5-8-11(9(10(7)14)12(15)16)19(18-17-8)6-13(2,3)4/h5,12,17-18H,6H2,1-4H3. The van der Waals surface area contributed by atoms with Crippen molar-refractivity contribution >= 4 is 11.4 Å². The van der Waals surface area contributed by atoms with Gasteiger partial charge in [0, 0.05) is 6.54 Å². The van der Waals surface area contributed by atoms with Gasteiger partial charge in [0.1, 0.15) is 5.82 Å². The summed E-state index contributed by atoms with van der Waals surface area (Å²) >= 11 is 0. The Kier molecular flexibility index (Phi) is 3.38. The number of hydrazine groups is 2. The lowest BCUT2D eigenvalue weighted by Gasteiger charge is -2.28. The first kappa shape index (κ1) is 14.0. The number of nitrogens with one attached hydrogen (secondary N) is 2. The third-order valence-electron chi connectivity index (χ3n) is 2.90. The Morgan fingerprint density at radius 3 is 2.47 bits per heavy atom. The summed E-state index contributed by atoms with van der Waals surface area (Å²) < 4.78 is 40.2. The summed E-state index contributed by atoms with van der Waals surface area (Å²) in [7, 11) is 0. The van der Waals surface area contributed by atoms with Gasteiger partial charge in [0.15, 0.2) is 0 Å². The van der Waals surface area contributed by atoms with Crippen LogP contribution in [0.5, 0.6) is 0 Å². The lowest BCUT2D eigenvalue weighted by molar-refractivity contribution is 0.146. The predicted molar refractivity (Wildman–Crippen MR) is 69.7 cm³/mol. The van der Waals surface area contributed by atoms with Gasteiger partial charge in [-0.2, -0.15) is 0 Å². The zero-order chi connectivity index (χ0) is 14.4. The lowest BCUT2D eigenvalue weighted by atomic mass is 9.96. The molecule has 0 aromatic heterocycles. The molecule has 1 heterocycles. The van der Waals surface area contributed by atoms with Gasteiger partial charge >= 0.3 is 0 Å². The molecule has 1 aromatic carbocycles. The van der Waals surface area contributed by atoms with Crippen molar-refractivity contribution in [3.05, 3.63) is 23.0 Å². The Labute approximate surface area is 110 Å².